The molecule has 6 heteroatoms. The number of aromatic nitrogens is 1. The third-order valence-electron chi connectivity index (χ3n) is 1.94. The van der Waals surface area contributed by atoms with Gasteiger partial charge in [-0.05, 0) is 18.2 Å². The van der Waals surface area contributed by atoms with Crippen LogP contribution in [0, 0.1) is 0 Å². The van der Waals surface area contributed by atoms with Gasteiger partial charge < -0.3 is 5.11 Å². The number of benzene rings is 1. The summed E-state index contributed by atoms with van der Waals surface area (Å²) in [5.74, 6) is -1.05. The summed E-state index contributed by atoms with van der Waals surface area (Å²) in [6, 6.07) is 5.29. The third kappa shape index (κ3) is 2.11. The summed E-state index contributed by atoms with van der Waals surface area (Å²) in [5.41, 5.74) is 2.21. The average molecular weight is 319 g/mol. The van der Waals surface area contributed by atoms with Gasteiger partial charge in [-0.25, -0.2) is 9.78 Å². The number of aromatic carboxylic acids is 1. The molecule has 1 aromatic heterocycles. The molecule has 0 aliphatic carbocycles. The first-order valence-electron chi connectivity index (χ1n) is 4.22. The van der Waals surface area contributed by atoms with Crippen molar-refractivity contribution in [1.82, 2.24) is 4.98 Å². The largest absolute Gasteiger partial charge is 0.476 e. The second-order valence-electron chi connectivity index (χ2n) is 2.96. The Labute approximate surface area is 109 Å². The van der Waals surface area contributed by atoms with Crippen molar-refractivity contribution in [2.45, 2.75) is 0 Å². The van der Waals surface area contributed by atoms with Crippen LogP contribution in [0.5, 0.6) is 0 Å². The van der Waals surface area contributed by atoms with E-state index >= 15 is 0 Å². The lowest BCUT2D eigenvalue weighted by Gasteiger charge is -2.03. The molecule has 0 aliphatic heterocycles. The van der Waals surface area contributed by atoms with Crippen LogP contribution in [-0.4, -0.2) is 16.1 Å². The van der Waals surface area contributed by atoms with E-state index in [2.05, 4.69) is 20.9 Å². The van der Waals surface area contributed by atoms with Crippen LogP contribution >= 0.6 is 38.9 Å². The van der Waals surface area contributed by atoms with E-state index in [1.807, 2.05) is 0 Å². The van der Waals surface area contributed by atoms with Gasteiger partial charge in [0.05, 0.1) is 10.4 Å². The van der Waals surface area contributed by atoms with Crippen LogP contribution in [-0.2, 0) is 0 Å². The van der Waals surface area contributed by atoms with Gasteiger partial charge in [0.15, 0.2) is 5.69 Å². The Morgan fingerprint density at radius 2 is 2.25 bits per heavy atom. The van der Waals surface area contributed by atoms with Crippen molar-refractivity contribution in [2.24, 2.45) is 0 Å². The molecule has 2 rings (SSSR count). The third-order valence-corrected chi connectivity index (χ3v) is 3.63. The van der Waals surface area contributed by atoms with Crippen LogP contribution in [0.2, 0.25) is 5.02 Å². The summed E-state index contributed by atoms with van der Waals surface area (Å²) in [5, 5.41) is 9.47. The van der Waals surface area contributed by atoms with Gasteiger partial charge in [-0.15, -0.1) is 11.3 Å². The van der Waals surface area contributed by atoms with Gasteiger partial charge in [0, 0.05) is 15.1 Å². The Balaban J connectivity index is 2.62. The fraction of sp³-hybridized carbons (Fsp3) is 0. The maximum Gasteiger partial charge on any atom is 0.356 e. The van der Waals surface area contributed by atoms with Gasteiger partial charge in [0.2, 0.25) is 0 Å². The molecule has 82 valence electrons. The van der Waals surface area contributed by atoms with Gasteiger partial charge in [0.25, 0.3) is 0 Å². The van der Waals surface area contributed by atoms with E-state index in [4.69, 9.17) is 16.7 Å². The van der Waals surface area contributed by atoms with Crippen molar-refractivity contribution in [2.75, 3.05) is 0 Å². The minimum atomic E-state index is -1.05. The average Bonchev–Trinajstić information content (AvgIpc) is 2.70. The van der Waals surface area contributed by atoms with Crippen LogP contribution < -0.4 is 0 Å². The van der Waals surface area contributed by atoms with E-state index in [0.29, 0.717) is 15.5 Å². The normalized spacial score (nSPS) is 10.4. The Hall–Kier alpha value is -0.910. The zero-order chi connectivity index (χ0) is 11.7. The van der Waals surface area contributed by atoms with Crippen LogP contribution in [0.1, 0.15) is 10.5 Å². The van der Waals surface area contributed by atoms with Crippen molar-refractivity contribution < 1.29 is 9.90 Å². The second kappa shape index (κ2) is 4.53. The zero-order valence-corrected chi connectivity index (χ0v) is 10.9. The van der Waals surface area contributed by atoms with Crippen molar-refractivity contribution in [3.05, 3.63) is 38.9 Å². The number of rotatable bonds is 2. The number of nitrogens with zero attached hydrogens (tertiary/aromatic N) is 1. The van der Waals surface area contributed by atoms with Crippen LogP contribution in [0.25, 0.3) is 10.4 Å². The summed E-state index contributed by atoms with van der Waals surface area (Å²) < 4.78 is 0.844. The van der Waals surface area contributed by atoms with E-state index < -0.39 is 5.97 Å². The molecule has 0 fully saturated rings. The molecule has 0 saturated carbocycles. The molecule has 1 N–H and O–H groups in total. The molecule has 2 aromatic rings. The highest BCUT2D eigenvalue weighted by atomic mass is 79.9. The number of carbonyl (C=O) groups is 1. The summed E-state index contributed by atoms with van der Waals surface area (Å²) in [7, 11) is 0. The molecule has 3 nitrogen and oxygen atoms in total. The smallest absolute Gasteiger partial charge is 0.356 e. The molecule has 0 unspecified atom stereocenters. The summed E-state index contributed by atoms with van der Waals surface area (Å²) >= 11 is 10.6. The molecular formula is C10H5BrClNO2S. The fourth-order valence-corrected chi connectivity index (χ4v) is 2.70. The highest BCUT2D eigenvalue weighted by molar-refractivity contribution is 9.10. The first-order valence-corrected chi connectivity index (χ1v) is 6.27. The minimum absolute atomic E-state index is 0.0324. The Morgan fingerprint density at radius 1 is 1.50 bits per heavy atom. The topological polar surface area (TPSA) is 50.2 Å². The molecular weight excluding hydrogens is 314 g/mol. The van der Waals surface area contributed by atoms with E-state index in [-0.39, 0.29) is 5.69 Å². The van der Waals surface area contributed by atoms with Gasteiger partial charge in [0.1, 0.15) is 0 Å². The van der Waals surface area contributed by atoms with E-state index in [1.54, 1.807) is 18.2 Å². The highest BCUT2D eigenvalue weighted by Crippen LogP contribution is 2.35. The predicted octanol–water partition coefficient (Wildman–Crippen LogP) is 3.92. The SMILES string of the molecule is O=C(O)c1ncsc1-c1cc(Br)ccc1Cl. The first kappa shape index (κ1) is 11.6. The molecule has 1 aromatic carbocycles. The molecule has 0 amide bonds. The molecule has 0 spiro atoms. The predicted molar refractivity (Wildman–Crippen MR) is 67.2 cm³/mol. The van der Waals surface area contributed by atoms with Crippen LogP contribution in [0.3, 0.4) is 0 Å². The second-order valence-corrected chi connectivity index (χ2v) is 5.14. The Kier molecular flexibility index (Phi) is 3.28. The van der Waals surface area contributed by atoms with Gasteiger partial charge in [-0.3, -0.25) is 0 Å². The molecule has 0 aliphatic rings. The fourth-order valence-electron chi connectivity index (χ4n) is 1.26. The monoisotopic (exact) mass is 317 g/mol. The van der Waals surface area contributed by atoms with Crippen LogP contribution in [0.15, 0.2) is 28.2 Å². The van der Waals surface area contributed by atoms with E-state index in [9.17, 15) is 4.79 Å². The molecule has 0 saturated heterocycles. The van der Waals surface area contributed by atoms with Crippen molar-refractivity contribution in [3.8, 4) is 10.4 Å². The number of carboxylic acid groups (broad SMARTS) is 1. The van der Waals surface area contributed by atoms with Gasteiger partial charge in [-0.1, -0.05) is 27.5 Å². The first-order chi connectivity index (χ1) is 7.59. The molecule has 0 atom stereocenters. The van der Waals surface area contributed by atoms with Gasteiger partial charge >= 0.3 is 5.97 Å². The molecule has 0 radical (unpaired) electrons. The van der Waals surface area contributed by atoms with Crippen molar-refractivity contribution >= 4 is 44.8 Å². The van der Waals surface area contributed by atoms with Crippen molar-refractivity contribution in [1.29, 1.82) is 0 Å². The zero-order valence-electron chi connectivity index (χ0n) is 7.78. The van der Waals surface area contributed by atoms with Crippen molar-refractivity contribution in [3.63, 3.8) is 0 Å². The molecule has 1 heterocycles. The number of halogens is 2. The quantitative estimate of drug-likeness (QED) is 0.913. The lowest BCUT2D eigenvalue weighted by atomic mass is 10.1. The standard InChI is InChI=1S/C10H5BrClNO2S/c11-5-1-2-7(12)6(3-5)9-8(10(14)15)13-4-16-9/h1-4H,(H,14,15). The Bertz CT molecular complexity index is 556. The Morgan fingerprint density at radius 3 is 2.94 bits per heavy atom. The maximum atomic E-state index is 10.9. The van der Waals surface area contributed by atoms with E-state index in [0.717, 1.165) is 4.47 Å². The summed E-state index contributed by atoms with van der Waals surface area (Å²) in [6.45, 7) is 0. The molecule has 0 bridgehead atoms. The van der Waals surface area contributed by atoms with Gasteiger partial charge in [-0.2, -0.15) is 0 Å². The summed E-state index contributed by atoms with van der Waals surface area (Å²) in [6.07, 6.45) is 0. The minimum Gasteiger partial charge on any atom is -0.476 e. The number of carboxylic acids is 1. The van der Waals surface area contributed by atoms with E-state index in [1.165, 1.54) is 16.8 Å². The number of hydrogen-bond acceptors (Lipinski definition) is 3. The maximum absolute atomic E-state index is 10.9. The lowest BCUT2D eigenvalue weighted by molar-refractivity contribution is 0.0692. The molecule has 16 heavy (non-hydrogen) atoms. The van der Waals surface area contributed by atoms with Crippen LogP contribution in [0.4, 0.5) is 0 Å². The number of hydrogen-bond donors (Lipinski definition) is 1. The highest BCUT2D eigenvalue weighted by Gasteiger charge is 2.17. The number of thiazole rings is 1. The summed E-state index contributed by atoms with van der Waals surface area (Å²) in [4.78, 5) is 15.3. The lowest BCUT2D eigenvalue weighted by Crippen LogP contribution is -1.98.